The van der Waals surface area contributed by atoms with Gasteiger partial charge in [0.05, 0.1) is 7.11 Å². The molecule has 1 aromatic carbocycles. The van der Waals surface area contributed by atoms with E-state index >= 15 is 0 Å². The molecule has 100 valence electrons. The maximum absolute atomic E-state index is 11.5. The van der Waals surface area contributed by atoms with Crippen molar-refractivity contribution in [3.05, 3.63) is 29.8 Å². The fraction of sp³-hybridized carbons (Fsp3) is 0.533. The second-order valence-electron chi connectivity index (χ2n) is 4.50. The average Bonchev–Trinajstić information content (AvgIpc) is 2.37. The molecule has 1 atom stereocenters. The molecule has 18 heavy (non-hydrogen) atoms. The van der Waals surface area contributed by atoms with Crippen LogP contribution in [0.1, 0.15) is 32.3 Å². The molecule has 1 rings (SSSR count). The quantitative estimate of drug-likeness (QED) is 0.748. The van der Waals surface area contributed by atoms with Crippen LogP contribution in [0.2, 0.25) is 0 Å². The van der Waals surface area contributed by atoms with E-state index in [4.69, 9.17) is 4.74 Å². The van der Waals surface area contributed by atoms with Gasteiger partial charge in [-0.05, 0) is 42.2 Å². The Bertz CT molecular complexity index is 359. The van der Waals surface area contributed by atoms with Crippen LogP contribution < -0.4 is 4.74 Å². The number of carbonyl (C=O) groups is 1. The van der Waals surface area contributed by atoms with Crippen molar-refractivity contribution in [2.24, 2.45) is 5.92 Å². The summed E-state index contributed by atoms with van der Waals surface area (Å²) < 4.78 is 5.13. The highest BCUT2D eigenvalue weighted by Gasteiger charge is 2.09. The second-order valence-corrected chi connectivity index (χ2v) is 5.82. The molecule has 0 bridgehead atoms. The van der Waals surface area contributed by atoms with Crippen LogP contribution in [0, 0.1) is 5.92 Å². The number of methoxy groups -OCH3 is 1. The van der Waals surface area contributed by atoms with Crippen LogP contribution in [0.15, 0.2) is 24.3 Å². The van der Waals surface area contributed by atoms with Crippen molar-refractivity contribution in [1.29, 1.82) is 0 Å². The van der Waals surface area contributed by atoms with Crippen molar-refractivity contribution >= 4 is 16.9 Å². The summed E-state index contributed by atoms with van der Waals surface area (Å²) in [6, 6.07) is 8.15. The lowest BCUT2D eigenvalue weighted by Crippen LogP contribution is -2.04. The number of carbonyl (C=O) groups excluding carboxylic acids is 1. The Kier molecular flexibility index (Phi) is 6.88. The zero-order valence-electron chi connectivity index (χ0n) is 11.4. The van der Waals surface area contributed by atoms with Crippen LogP contribution in [-0.4, -0.2) is 18.0 Å². The van der Waals surface area contributed by atoms with E-state index in [1.807, 2.05) is 19.1 Å². The molecule has 0 saturated heterocycles. The Labute approximate surface area is 114 Å². The van der Waals surface area contributed by atoms with Crippen LogP contribution in [0.25, 0.3) is 0 Å². The van der Waals surface area contributed by atoms with E-state index in [9.17, 15) is 4.79 Å². The number of rotatable bonds is 7. The lowest BCUT2D eigenvalue weighted by atomic mass is 9.99. The average molecular weight is 266 g/mol. The van der Waals surface area contributed by atoms with Gasteiger partial charge in [-0.25, -0.2) is 0 Å². The van der Waals surface area contributed by atoms with Crippen molar-refractivity contribution in [3.8, 4) is 5.75 Å². The minimum Gasteiger partial charge on any atom is -0.497 e. The molecular formula is C15H22O2S. The smallest absolute Gasteiger partial charge is 0.189 e. The summed E-state index contributed by atoms with van der Waals surface area (Å²) in [5.41, 5.74) is 1.30. The van der Waals surface area contributed by atoms with Gasteiger partial charge < -0.3 is 4.74 Å². The molecule has 1 aromatic rings. The molecule has 0 spiro atoms. The largest absolute Gasteiger partial charge is 0.497 e. The van der Waals surface area contributed by atoms with Crippen LogP contribution in [0.4, 0.5) is 0 Å². The van der Waals surface area contributed by atoms with Gasteiger partial charge in [-0.15, -0.1) is 0 Å². The van der Waals surface area contributed by atoms with Crippen molar-refractivity contribution in [1.82, 2.24) is 0 Å². The van der Waals surface area contributed by atoms with Crippen LogP contribution in [0.5, 0.6) is 5.75 Å². The van der Waals surface area contributed by atoms with E-state index in [0.29, 0.717) is 17.5 Å². The van der Waals surface area contributed by atoms with Gasteiger partial charge in [-0.3, -0.25) is 4.79 Å². The van der Waals surface area contributed by atoms with Crippen LogP contribution >= 0.6 is 11.8 Å². The number of hydrogen-bond donors (Lipinski definition) is 0. The predicted octanol–water partition coefficient (Wildman–Crippen LogP) is 3.93. The third-order valence-corrected chi connectivity index (χ3v) is 3.68. The van der Waals surface area contributed by atoms with Gasteiger partial charge in [0.15, 0.2) is 5.12 Å². The van der Waals surface area contributed by atoms with E-state index in [-0.39, 0.29) is 0 Å². The summed E-state index contributed by atoms with van der Waals surface area (Å²) in [6.07, 6.45) is 2.77. The molecule has 0 radical (unpaired) electrons. The minimum atomic E-state index is 0.319. The third-order valence-electron chi connectivity index (χ3n) is 2.91. The zero-order valence-corrected chi connectivity index (χ0v) is 12.3. The summed E-state index contributed by atoms with van der Waals surface area (Å²) in [7, 11) is 1.67. The Morgan fingerprint density at radius 3 is 2.56 bits per heavy atom. The first-order chi connectivity index (χ1) is 8.65. The normalized spacial score (nSPS) is 12.2. The van der Waals surface area contributed by atoms with Crippen molar-refractivity contribution in [2.75, 3.05) is 12.9 Å². The zero-order chi connectivity index (χ0) is 13.4. The molecule has 0 aliphatic rings. The molecule has 0 fully saturated rings. The van der Waals surface area contributed by atoms with Crippen molar-refractivity contribution in [2.45, 2.75) is 33.1 Å². The van der Waals surface area contributed by atoms with Crippen molar-refractivity contribution in [3.63, 3.8) is 0 Å². The number of hydrogen-bond acceptors (Lipinski definition) is 3. The highest BCUT2D eigenvalue weighted by Crippen LogP contribution is 2.18. The molecule has 3 heteroatoms. The van der Waals surface area contributed by atoms with Crippen LogP contribution in [0.3, 0.4) is 0 Å². The van der Waals surface area contributed by atoms with Gasteiger partial charge in [0.25, 0.3) is 0 Å². The Balaban J connectivity index is 2.32. The van der Waals surface area contributed by atoms with Crippen LogP contribution in [-0.2, 0) is 11.2 Å². The summed E-state index contributed by atoms with van der Waals surface area (Å²) in [5, 5.41) is 0.319. The van der Waals surface area contributed by atoms with Gasteiger partial charge in [-0.2, -0.15) is 0 Å². The molecule has 0 aromatic heterocycles. The summed E-state index contributed by atoms with van der Waals surface area (Å²) in [6.45, 7) is 4.17. The molecule has 0 saturated carbocycles. The number of thioether (sulfide) groups is 1. The highest BCUT2D eigenvalue weighted by atomic mass is 32.2. The predicted molar refractivity (Wildman–Crippen MR) is 78.2 cm³/mol. The van der Waals surface area contributed by atoms with E-state index in [2.05, 4.69) is 19.1 Å². The number of benzene rings is 1. The van der Waals surface area contributed by atoms with E-state index < -0.39 is 0 Å². The Morgan fingerprint density at radius 2 is 2.00 bits per heavy atom. The summed E-state index contributed by atoms with van der Waals surface area (Å²) in [4.78, 5) is 11.5. The van der Waals surface area contributed by atoms with E-state index in [1.165, 1.54) is 17.3 Å². The SMILES string of the molecule is CCSC(=O)C[C@H](C)CCc1ccc(OC)cc1. The molecule has 0 amide bonds. The molecule has 0 aliphatic carbocycles. The van der Waals surface area contributed by atoms with Gasteiger partial charge in [0.1, 0.15) is 5.75 Å². The fourth-order valence-corrected chi connectivity index (χ4v) is 2.54. The molecule has 0 N–H and O–H groups in total. The first-order valence-electron chi connectivity index (χ1n) is 6.44. The molecule has 2 nitrogen and oxygen atoms in total. The molecular weight excluding hydrogens is 244 g/mol. The third kappa shape index (κ3) is 5.58. The van der Waals surface area contributed by atoms with E-state index in [0.717, 1.165) is 24.3 Å². The van der Waals surface area contributed by atoms with Gasteiger partial charge in [-0.1, -0.05) is 37.7 Å². The highest BCUT2D eigenvalue weighted by molar-refractivity contribution is 8.13. The second kappa shape index (κ2) is 8.20. The minimum absolute atomic E-state index is 0.319. The van der Waals surface area contributed by atoms with Gasteiger partial charge >= 0.3 is 0 Å². The fourth-order valence-electron chi connectivity index (χ4n) is 1.81. The van der Waals surface area contributed by atoms with E-state index in [1.54, 1.807) is 7.11 Å². The standard InChI is InChI=1S/C15H22O2S/c1-4-18-15(16)11-12(2)5-6-13-7-9-14(17-3)10-8-13/h7-10,12H,4-6,11H2,1-3H3/t12-/m1/s1. The lowest BCUT2D eigenvalue weighted by molar-refractivity contribution is -0.111. The summed E-state index contributed by atoms with van der Waals surface area (Å²) >= 11 is 1.43. The number of aryl methyl sites for hydroxylation is 1. The Hall–Kier alpha value is -0.960. The molecule has 0 unspecified atom stereocenters. The summed E-state index contributed by atoms with van der Waals surface area (Å²) in [5.74, 6) is 2.23. The topological polar surface area (TPSA) is 26.3 Å². The monoisotopic (exact) mass is 266 g/mol. The van der Waals surface area contributed by atoms with Gasteiger partial charge in [0, 0.05) is 6.42 Å². The lowest BCUT2D eigenvalue weighted by Gasteiger charge is -2.10. The molecule has 0 heterocycles. The maximum atomic E-state index is 11.5. The number of ether oxygens (including phenoxy) is 1. The first kappa shape index (κ1) is 15.1. The van der Waals surface area contributed by atoms with Crippen molar-refractivity contribution < 1.29 is 9.53 Å². The molecule has 0 aliphatic heterocycles. The Morgan fingerprint density at radius 1 is 1.33 bits per heavy atom. The van der Waals surface area contributed by atoms with Gasteiger partial charge in [0.2, 0.25) is 0 Å². The first-order valence-corrected chi connectivity index (χ1v) is 7.42. The maximum Gasteiger partial charge on any atom is 0.189 e.